The maximum atomic E-state index is 12.6. The summed E-state index contributed by atoms with van der Waals surface area (Å²) in [6.07, 6.45) is 1.88. The number of nitrogens with zero attached hydrogens (tertiary/aromatic N) is 1. The molecule has 0 radical (unpaired) electrons. The Kier molecular flexibility index (Phi) is 5.33. The van der Waals surface area contributed by atoms with Gasteiger partial charge in [0.25, 0.3) is 0 Å². The molecular formula is C16H21Cl3N2O. The molecular weight excluding hydrogens is 343 g/mol. The van der Waals surface area contributed by atoms with Crippen molar-refractivity contribution in [2.75, 3.05) is 19.6 Å². The van der Waals surface area contributed by atoms with Crippen LogP contribution in [-0.2, 0) is 4.79 Å². The maximum absolute atomic E-state index is 12.6. The van der Waals surface area contributed by atoms with Crippen molar-refractivity contribution < 1.29 is 4.79 Å². The van der Waals surface area contributed by atoms with E-state index in [0.29, 0.717) is 16.6 Å². The van der Waals surface area contributed by atoms with Gasteiger partial charge in [-0.3, -0.25) is 4.79 Å². The Morgan fingerprint density at radius 2 is 2.18 bits per heavy atom. The first kappa shape index (κ1) is 17.9. The van der Waals surface area contributed by atoms with Crippen LogP contribution >= 0.6 is 35.6 Å². The minimum Gasteiger partial charge on any atom is -0.342 e. The van der Waals surface area contributed by atoms with E-state index in [1.54, 1.807) is 6.07 Å². The zero-order valence-corrected chi connectivity index (χ0v) is 14.8. The molecule has 3 rings (SSSR count). The number of hydrogen-bond acceptors (Lipinski definition) is 2. The fourth-order valence-corrected chi connectivity index (χ4v) is 3.78. The third kappa shape index (κ3) is 3.38. The number of nitrogens with two attached hydrogens (primary N) is 1. The molecule has 2 aliphatic rings. The van der Waals surface area contributed by atoms with Gasteiger partial charge in [0.2, 0.25) is 5.91 Å². The van der Waals surface area contributed by atoms with Crippen LogP contribution in [0.15, 0.2) is 18.2 Å². The molecule has 3 unspecified atom stereocenters. The monoisotopic (exact) mass is 362 g/mol. The van der Waals surface area contributed by atoms with E-state index in [-0.39, 0.29) is 35.6 Å². The largest absolute Gasteiger partial charge is 0.342 e. The summed E-state index contributed by atoms with van der Waals surface area (Å²) in [4.78, 5) is 14.6. The van der Waals surface area contributed by atoms with Crippen LogP contribution in [-0.4, -0.2) is 30.4 Å². The molecule has 1 aliphatic heterocycles. The highest BCUT2D eigenvalue weighted by Crippen LogP contribution is 2.51. The molecule has 1 saturated carbocycles. The molecule has 2 N–H and O–H groups in total. The maximum Gasteiger partial charge on any atom is 0.226 e. The summed E-state index contributed by atoms with van der Waals surface area (Å²) in [7, 11) is 0. The Labute approximate surface area is 147 Å². The van der Waals surface area contributed by atoms with Gasteiger partial charge in [-0.2, -0.15) is 0 Å². The van der Waals surface area contributed by atoms with Crippen LogP contribution in [0.5, 0.6) is 0 Å². The molecule has 1 aromatic carbocycles. The molecule has 1 amide bonds. The highest BCUT2D eigenvalue weighted by atomic mass is 35.5. The van der Waals surface area contributed by atoms with Gasteiger partial charge in [0.1, 0.15) is 0 Å². The van der Waals surface area contributed by atoms with Crippen LogP contribution < -0.4 is 5.73 Å². The Morgan fingerprint density at radius 3 is 2.77 bits per heavy atom. The summed E-state index contributed by atoms with van der Waals surface area (Å²) >= 11 is 12.2. The van der Waals surface area contributed by atoms with E-state index in [4.69, 9.17) is 28.9 Å². The minimum absolute atomic E-state index is 0. The molecule has 0 aromatic heterocycles. The molecule has 1 saturated heterocycles. The highest BCUT2D eigenvalue weighted by molar-refractivity contribution is 6.35. The summed E-state index contributed by atoms with van der Waals surface area (Å²) in [5.74, 6) is 0.569. The van der Waals surface area contributed by atoms with Gasteiger partial charge < -0.3 is 10.6 Å². The van der Waals surface area contributed by atoms with E-state index in [2.05, 4.69) is 6.92 Å². The molecule has 0 spiro atoms. The summed E-state index contributed by atoms with van der Waals surface area (Å²) in [5.41, 5.74) is 6.93. The number of hydrogen-bond donors (Lipinski definition) is 1. The molecule has 2 fully saturated rings. The summed E-state index contributed by atoms with van der Waals surface area (Å²) in [5, 5.41) is 1.29. The van der Waals surface area contributed by atoms with Crippen LogP contribution in [0, 0.1) is 11.3 Å². The summed E-state index contributed by atoms with van der Waals surface area (Å²) in [6, 6.07) is 5.53. The first-order valence-electron chi connectivity index (χ1n) is 7.37. The number of likely N-dealkylation sites (tertiary alicyclic amines) is 1. The second kappa shape index (κ2) is 6.56. The van der Waals surface area contributed by atoms with Crippen molar-refractivity contribution in [1.29, 1.82) is 0 Å². The molecule has 22 heavy (non-hydrogen) atoms. The van der Waals surface area contributed by atoms with E-state index in [0.717, 1.165) is 31.5 Å². The summed E-state index contributed by atoms with van der Waals surface area (Å²) < 4.78 is 0. The normalized spacial score (nSPS) is 30.1. The Bertz CT molecular complexity index is 581. The van der Waals surface area contributed by atoms with Crippen LogP contribution in [0.4, 0.5) is 0 Å². The van der Waals surface area contributed by atoms with Crippen LogP contribution in [0.25, 0.3) is 0 Å². The summed E-state index contributed by atoms with van der Waals surface area (Å²) in [6.45, 7) is 4.39. The van der Waals surface area contributed by atoms with Crippen molar-refractivity contribution in [3.8, 4) is 0 Å². The van der Waals surface area contributed by atoms with Gasteiger partial charge in [0.15, 0.2) is 0 Å². The van der Waals surface area contributed by atoms with Gasteiger partial charge in [0, 0.05) is 29.1 Å². The van der Waals surface area contributed by atoms with Crippen molar-refractivity contribution in [3.05, 3.63) is 33.8 Å². The Balaban J connectivity index is 0.00000176. The van der Waals surface area contributed by atoms with Gasteiger partial charge in [-0.05, 0) is 48.4 Å². The SMILES string of the molecule is CC1(CN)CCN(C(=O)C2CC2c2ccc(Cl)cc2Cl)C1.Cl. The van der Waals surface area contributed by atoms with Gasteiger partial charge in [-0.15, -0.1) is 12.4 Å². The van der Waals surface area contributed by atoms with E-state index in [1.165, 1.54) is 0 Å². The van der Waals surface area contributed by atoms with Crippen LogP contribution in [0.1, 0.15) is 31.2 Å². The van der Waals surface area contributed by atoms with E-state index in [9.17, 15) is 4.79 Å². The predicted molar refractivity (Wildman–Crippen MR) is 92.9 cm³/mol. The van der Waals surface area contributed by atoms with E-state index < -0.39 is 0 Å². The lowest BCUT2D eigenvalue weighted by Gasteiger charge is -2.22. The number of rotatable bonds is 3. The first-order chi connectivity index (χ1) is 9.93. The Hall–Kier alpha value is -0.480. The van der Waals surface area contributed by atoms with Crippen molar-refractivity contribution in [2.24, 2.45) is 17.1 Å². The second-order valence-electron chi connectivity index (χ2n) is 6.64. The smallest absolute Gasteiger partial charge is 0.226 e. The fraction of sp³-hybridized carbons (Fsp3) is 0.562. The van der Waals surface area contributed by atoms with E-state index in [1.807, 2.05) is 17.0 Å². The fourth-order valence-electron chi connectivity index (χ4n) is 3.23. The topological polar surface area (TPSA) is 46.3 Å². The van der Waals surface area contributed by atoms with E-state index >= 15 is 0 Å². The number of carbonyl (C=O) groups is 1. The standard InChI is InChI=1S/C16H20Cl2N2O.ClH/c1-16(8-19)4-5-20(9-16)15(21)13-7-12(13)11-3-2-10(17)6-14(11)18;/h2-3,6,12-13H,4-5,7-9,19H2,1H3;1H. The average molecular weight is 364 g/mol. The third-order valence-electron chi connectivity index (χ3n) is 4.83. The van der Waals surface area contributed by atoms with Crippen molar-refractivity contribution in [1.82, 2.24) is 4.90 Å². The average Bonchev–Trinajstić information content (AvgIpc) is 3.13. The molecule has 3 atom stereocenters. The lowest BCUT2D eigenvalue weighted by molar-refractivity contribution is -0.132. The zero-order chi connectivity index (χ0) is 15.2. The lowest BCUT2D eigenvalue weighted by Crippen LogP contribution is -2.35. The molecule has 6 heteroatoms. The molecule has 122 valence electrons. The highest BCUT2D eigenvalue weighted by Gasteiger charge is 2.48. The lowest BCUT2D eigenvalue weighted by atomic mass is 9.90. The van der Waals surface area contributed by atoms with Crippen LogP contribution in [0.2, 0.25) is 10.0 Å². The van der Waals surface area contributed by atoms with Gasteiger partial charge in [0.05, 0.1) is 0 Å². The molecule has 1 aliphatic carbocycles. The Morgan fingerprint density at radius 1 is 1.45 bits per heavy atom. The number of benzene rings is 1. The molecule has 1 aromatic rings. The van der Waals surface area contributed by atoms with Crippen molar-refractivity contribution in [3.63, 3.8) is 0 Å². The minimum atomic E-state index is 0. The first-order valence-corrected chi connectivity index (χ1v) is 8.13. The third-order valence-corrected chi connectivity index (χ3v) is 5.39. The second-order valence-corrected chi connectivity index (χ2v) is 7.48. The van der Waals surface area contributed by atoms with Crippen molar-refractivity contribution >= 4 is 41.5 Å². The zero-order valence-electron chi connectivity index (χ0n) is 12.5. The predicted octanol–water partition coefficient (Wildman–Crippen LogP) is 3.72. The quantitative estimate of drug-likeness (QED) is 0.889. The van der Waals surface area contributed by atoms with Crippen molar-refractivity contribution in [2.45, 2.75) is 25.7 Å². The molecule has 1 heterocycles. The van der Waals surface area contributed by atoms with Crippen LogP contribution in [0.3, 0.4) is 0 Å². The van der Waals surface area contributed by atoms with Gasteiger partial charge >= 0.3 is 0 Å². The van der Waals surface area contributed by atoms with Gasteiger partial charge in [-0.1, -0.05) is 36.2 Å². The molecule has 3 nitrogen and oxygen atoms in total. The number of amides is 1. The number of carbonyl (C=O) groups excluding carboxylic acids is 1. The van der Waals surface area contributed by atoms with Gasteiger partial charge in [-0.25, -0.2) is 0 Å². The molecule has 0 bridgehead atoms. The number of halogens is 3.